The van der Waals surface area contributed by atoms with Gasteiger partial charge in [-0.3, -0.25) is 0 Å². The Morgan fingerprint density at radius 2 is 1.77 bits per heavy atom. The average molecular weight is 310 g/mol. The molecule has 2 aromatic rings. The average Bonchev–Trinajstić information content (AvgIpc) is 2.96. The Morgan fingerprint density at radius 1 is 1.05 bits per heavy atom. The molecule has 0 unspecified atom stereocenters. The van der Waals surface area contributed by atoms with Gasteiger partial charge < -0.3 is 10.1 Å². The van der Waals surface area contributed by atoms with Gasteiger partial charge in [0.1, 0.15) is 5.75 Å². The van der Waals surface area contributed by atoms with Crippen molar-refractivity contribution < 1.29 is 4.74 Å². The molecule has 1 aromatic heterocycles. The minimum atomic E-state index is 0.867. The van der Waals surface area contributed by atoms with E-state index in [1.165, 1.54) is 11.1 Å². The van der Waals surface area contributed by atoms with Gasteiger partial charge in [-0.1, -0.05) is 18.2 Å². The van der Waals surface area contributed by atoms with Gasteiger partial charge >= 0.3 is 0 Å². The highest BCUT2D eigenvalue weighted by molar-refractivity contribution is 7.14. The van der Waals surface area contributed by atoms with Gasteiger partial charge in [-0.25, -0.2) is 4.98 Å². The van der Waals surface area contributed by atoms with Crippen molar-refractivity contribution in [3.05, 3.63) is 53.9 Å². The highest BCUT2D eigenvalue weighted by atomic mass is 32.1. The third kappa shape index (κ3) is 3.46. The molecule has 0 aliphatic heterocycles. The summed E-state index contributed by atoms with van der Waals surface area (Å²) in [7, 11) is 1.67. The standard InChI is InChI=1S/C12H14N2OS.C6H4/c1-3-13-12-14-11(8-16-12)9-4-6-10(15-2)7-5-9;1-2-5-4-6(5)3-1/h4-8H,3H2,1-2H3,(H,13,14);1-4H. The maximum absolute atomic E-state index is 5.12. The van der Waals surface area contributed by atoms with Crippen LogP contribution >= 0.6 is 11.3 Å². The van der Waals surface area contributed by atoms with E-state index in [1.807, 2.05) is 24.3 Å². The predicted octanol–water partition coefficient (Wildman–Crippen LogP) is 4.92. The molecule has 0 amide bonds. The summed E-state index contributed by atoms with van der Waals surface area (Å²) in [6.07, 6.45) is 0. The Hall–Kier alpha value is -2.33. The van der Waals surface area contributed by atoms with Crippen molar-refractivity contribution >= 4 is 16.5 Å². The molecule has 2 aliphatic carbocycles. The number of nitrogens with one attached hydrogen (secondary N) is 1. The van der Waals surface area contributed by atoms with Gasteiger partial charge in [-0.2, -0.15) is 0 Å². The zero-order chi connectivity index (χ0) is 15.4. The van der Waals surface area contributed by atoms with Crippen molar-refractivity contribution in [1.29, 1.82) is 0 Å². The fraction of sp³-hybridized carbons (Fsp3) is 0.167. The second-order valence-electron chi connectivity index (χ2n) is 4.88. The summed E-state index contributed by atoms with van der Waals surface area (Å²) in [6.45, 7) is 2.96. The Labute approximate surface area is 134 Å². The lowest BCUT2D eigenvalue weighted by Gasteiger charge is -2.00. The zero-order valence-electron chi connectivity index (χ0n) is 12.7. The molecule has 1 aromatic carbocycles. The number of fused-ring (bicyclic) bond motifs is 1. The molecule has 2 aliphatic rings. The maximum Gasteiger partial charge on any atom is 0.183 e. The van der Waals surface area contributed by atoms with Crippen LogP contribution in [0, 0.1) is 0 Å². The van der Waals surface area contributed by atoms with Crippen LogP contribution in [0.1, 0.15) is 6.92 Å². The second-order valence-corrected chi connectivity index (χ2v) is 5.74. The first-order valence-electron chi connectivity index (χ1n) is 7.24. The second kappa shape index (κ2) is 6.62. The van der Waals surface area contributed by atoms with E-state index in [0.29, 0.717) is 0 Å². The summed E-state index contributed by atoms with van der Waals surface area (Å²) < 4.78 is 5.12. The summed E-state index contributed by atoms with van der Waals surface area (Å²) in [4.78, 5) is 4.49. The molecule has 22 heavy (non-hydrogen) atoms. The van der Waals surface area contributed by atoms with E-state index in [-0.39, 0.29) is 0 Å². The normalized spacial score (nSPS) is 10.5. The fourth-order valence-electron chi connectivity index (χ4n) is 2.08. The number of ether oxygens (including phenoxy) is 1. The SMILES string of the molecule is CCNc1nc(-c2ccc(OC)cc2)cs1.c1cc2cc-2c1. The molecule has 4 heteroatoms. The lowest BCUT2D eigenvalue weighted by molar-refractivity contribution is 0.415. The molecule has 0 radical (unpaired) electrons. The number of aromatic nitrogens is 1. The smallest absolute Gasteiger partial charge is 0.183 e. The minimum absolute atomic E-state index is 0.867. The van der Waals surface area contributed by atoms with Crippen molar-refractivity contribution in [2.45, 2.75) is 6.92 Å². The molecule has 0 fully saturated rings. The molecule has 1 heterocycles. The van der Waals surface area contributed by atoms with E-state index in [4.69, 9.17) is 4.74 Å². The number of nitrogens with zero attached hydrogens (tertiary/aromatic N) is 1. The summed E-state index contributed by atoms with van der Waals surface area (Å²) >= 11 is 1.63. The van der Waals surface area contributed by atoms with E-state index < -0.39 is 0 Å². The van der Waals surface area contributed by atoms with Crippen LogP contribution in [0.2, 0.25) is 0 Å². The van der Waals surface area contributed by atoms with Crippen LogP contribution < -0.4 is 10.1 Å². The van der Waals surface area contributed by atoms with Crippen LogP contribution in [0.5, 0.6) is 5.75 Å². The van der Waals surface area contributed by atoms with Crippen molar-refractivity contribution in [3.63, 3.8) is 0 Å². The number of benzene rings is 2. The van der Waals surface area contributed by atoms with E-state index in [2.05, 4.69) is 46.9 Å². The maximum atomic E-state index is 5.12. The van der Waals surface area contributed by atoms with Crippen LogP contribution in [-0.2, 0) is 0 Å². The number of anilines is 1. The molecule has 0 bridgehead atoms. The van der Waals surface area contributed by atoms with Crippen molar-refractivity contribution in [2.75, 3.05) is 19.0 Å². The monoisotopic (exact) mass is 310 g/mol. The van der Waals surface area contributed by atoms with Crippen molar-refractivity contribution in [1.82, 2.24) is 4.98 Å². The molecular formula is C18H18N2OS. The minimum Gasteiger partial charge on any atom is -0.497 e. The molecule has 4 rings (SSSR count). The molecule has 0 spiro atoms. The summed E-state index contributed by atoms with van der Waals surface area (Å²) in [6, 6.07) is 16.4. The molecular weight excluding hydrogens is 292 g/mol. The highest BCUT2D eigenvalue weighted by Crippen LogP contribution is 2.32. The highest BCUT2D eigenvalue weighted by Gasteiger charge is 2.07. The molecule has 0 atom stereocenters. The van der Waals surface area contributed by atoms with Gasteiger partial charge in [0, 0.05) is 17.5 Å². The Balaban J connectivity index is 0.000000196. The van der Waals surface area contributed by atoms with Gasteiger partial charge in [-0.15, -0.1) is 11.3 Å². The number of hydrogen-bond acceptors (Lipinski definition) is 4. The van der Waals surface area contributed by atoms with Gasteiger partial charge in [-0.05, 0) is 48.4 Å². The molecule has 1 N–H and O–H groups in total. The van der Waals surface area contributed by atoms with Crippen LogP contribution in [0.15, 0.2) is 53.9 Å². The lowest BCUT2D eigenvalue weighted by atomic mass is 10.2. The zero-order valence-corrected chi connectivity index (χ0v) is 13.5. The third-order valence-corrected chi connectivity index (χ3v) is 4.13. The van der Waals surface area contributed by atoms with Crippen LogP contribution in [0.25, 0.3) is 22.4 Å². The largest absolute Gasteiger partial charge is 0.497 e. The fourth-order valence-corrected chi connectivity index (χ4v) is 2.87. The topological polar surface area (TPSA) is 34.2 Å². The van der Waals surface area contributed by atoms with Gasteiger partial charge in [0.15, 0.2) is 5.13 Å². The van der Waals surface area contributed by atoms with Gasteiger partial charge in [0.05, 0.1) is 12.8 Å². The quantitative estimate of drug-likeness (QED) is 0.581. The molecule has 0 saturated carbocycles. The van der Waals surface area contributed by atoms with Crippen LogP contribution in [-0.4, -0.2) is 18.6 Å². The van der Waals surface area contributed by atoms with E-state index in [1.54, 1.807) is 18.4 Å². The van der Waals surface area contributed by atoms with E-state index in [9.17, 15) is 0 Å². The van der Waals surface area contributed by atoms with Gasteiger partial charge in [0.2, 0.25) is 0 Å². The molecule has 3 nitrogen and oxygen atoms in total. The number of thiazole rings is 1. The van der Waals surface area contributed by atoms with Crippen LogP contribution in [0.3, 0.4) is 0 Å². The Morgan fingerprint density at radius 3 is 2.27 bits per heavy atom. The predicted molar refractivity (Wildman–Crippen MR) is 93.7 cm³/mol. The first-order chi connectivity index (χ1) is 10.8. The lowest BCUT2D eigenvalue weighted by Crippen LogP contribution is -1.94. The number of methoxy groups -OCH3 is 1. The number of rotatable bonds is 4. The van der Waals surface area contributed by atoms with E-state index in [0.717, 1.165) is 28.7 Å². The van der Waals surface area contributed by atoms with Crippen molar-refractivity contribution in [3.8, 4) is 28.1 Å². The first-order valence-corrected chi connectivity index (χ1v) is 8.12. The Kier molecular flexibility index (Phi) is 4.39. The van der Waals surface area contributed by atoms with Crippen molar-refractivity contribution in [2.24, 2.45) is 0 Å². The van der Waals surface area contributed by atoms with Gasteiger partial charge in [0.25, 0.3) is 0 Å². The first kappa shape index (κ1) is 14.6. The number of hydrogen-bond donors (Lipinski definition) is 1. The Bertz CT molecular complexity index is 733. The summed E-state index contributed by atoms with van der Waals surface area (Å²) in [5.41, 5.74) is 4.97. The van der Waals surface area contributed by atoms with E-state index >= 15 is 0 Å². The third-order valence-electron chi connectivity index (χ3n) is 3.33. The molecule has 112 valence electrons. The summed E-state index contributed by atoms with van der Waals surface area (Å²) in [5.74, 6) is 0.867. The molecule has 0 saturated heterocycles. The summed E-state index contributed by atoms with van der Waals surface area (Å²) in [5, 5.41) is 6.22. The van der Waals surface area contributed by atoms with Crippen LogP contribution in [0.4, 0.5) is 5.13 Å².